The molecule has 0 saturated carbocycles. The first kappa shape index (κ1) is 28.2. The van der Waals surface area contributed by atoms with Crippen LogP contribution in [0.15, 0.2) is 70.6 Å². The average Bonchev–Trinajstić information content (AvgIpc) is 2.86. The van der Waals surface area contributed by atoms with Crippen molar-refractivity contribution in [2.45, 2.75) is 26.8 Å². The van der Waals surface area contributed by atoms with Crippen molar-refractivity contribution >= 4 is 29.3 Å². The number of hydrogen-bond donors (Lipinski definition) is 4. The van der Waals surface area contributed by atoms with Gasteiger partial charge in [0.1, 0.15) is 13.2 Å². The van der Waals surface area contributed by atoms with Gasteiger partial charge in [-0.05, 0) is 23.2 Å². The third-order valence-corrected chi connectivity index (χ3v) is 5.58. The van der Waals surface area contributed by atoms with Crippen LogP contribution in [0.4, 0.5) is 5.82 Å². The van der Waals surface area contributed by atoms with Crippen LogP contribution in [-0.2, 0) is 16.2 Å². The van der Waals surface area contributed by atoms with Crippen LogP contribution < -0.4 is 27.7 Å². The molecule has 0 fully saturated rings. The monoisotopic (exact) mass is 513 g/mol. The van der Waals surface area contributed by atoms with Crippen LogP contribution in [0.3, 0.4) is 0 Å². The number of carbonyl (C=O) groups is 1. The summed E-state index contributed by atoms with van der Waals surface area (Å²) in [7, 11) is 0. The minimum absolute atomic E-state index is 0. The summed E-state index contributed by atoms with van der Waals surface area (Å²) in [6, 6.07) is 19.9. The van der Waals surface area contributed by atoms with Gasteiger partial charge in [-0.3, -0.25) is 14.2 Å². The molecular weight excluding hydrogens is 482 g/mol. The number of rotatable bonds is 11. The van der Waals surface area contributed by atoms with Gasteiger partial charge < -0.3 is 26.9 Å². The van der Waals surface area contributed by atoms with E-state index in [9.17, 15) is 9.59 Å². The molecule has 6 N–H and O–H groups in total. The Hall–Kier alpha value is -4.05. The molecular formula is C25H32ClN7O3. The lowest BCUT2D eigenvalue weighted by Gasteiger charge is -2.20. The van der Waals surface area contributed by atoms with Crippen LogP contribution in [0.25, 0.3) is 0 Å². The maximum absolute atomic E-state index is 13.1. The number of nitrogens with two attached hydrogens (primary N) is 2. The molecule has 0 unspecified atom stereocenters. The zero-order valence-electron chi connectivity index (χ0n) is 19.3. The zero-order valence-corrected chi connectivity index (χ0v) is 20.0. The van der Waals surface area contributed by atoms with Crippen LogP contribution in [-0.4, -0.2) is 41.1 Å². The highest BCUT2D eigenvalue weighted by Crippen LogP contribution is 2.25. The SMILES string of the molecule is C.Cc1c(Cl)nc(NCC(c2ccccc2)c2ccccc2)c(=O)n1CC(=O)NCCON=C(N)N. The number of carbonyl (C=O) groups excluding carboxylic acids is 1. The number of guanidine groups is 1. The Morgan fingerprint density at radius 3 is 2.25 bits per heavy atom. The van der Waals surface area contributed by atoms with Crippen molar-refractivity contribution in [1.82, 2.24) is 14.9 Å². The first-order chi connectivity index (χ1) is 16.9. The summed E-state index contributed by atoms with van der Waals surface area (Å²) in [4.78, 5) is 34.6. The van der Waals surface area contributed by atoms with E-state index in [2.05, 4.69) is 20.8 Å². The van der Waals surface area contributed by atoms with E-state index in [4.69, 9.17) is 27.9 Å². The molecule has 1 amide bonds. The Labute approximate surface area is 215 Å². The fraction of sp³-hybridized carbons (Fsp3) is 0.280. The first-order valence-electron chi connectivity index (χ1n) is 10.9. The molecule has 3 aromatic rings. The Balaban J connectivity index is 0.00000456. The summed E-state index contributed by atoms with van der Waals surface area (Å²) in [6.45, 7) is 2.03. The second kappa shape index (κ2) is 13.7. The number of anilines is 1. The maximum atomic E-state index is 13.1. The molecule has 0 bridgehead atoms. The van der Waals surface area contributed by atoms with E-state index < -0.39 is 11.5 Å². The number of oxime groups is 1. The van der Waals surface area contributed by atoms with E-state index in [1.165, 1.54) is 4.57 Å². The molecule has 1 heterocycles. The Bertz CT molecular complexity index is 1170. The highest BCUT2D eigenvalue weighted by atomic mass is 35.5. The topological polar surface area (TPSA) is 150 Å². The van der Waals surface area contributed by atoms with E-state index in [0.717, 1.165) is 11.1 Å². The van der Waals surface area contributed by atoms with Gasteiger partial charge in [-0.2, -0.15) is 0 Å². The Morgan fingerprint density at radius 2 is 1.69 bits per heavy atom. The molecule has 0 radical (unpaired) electrons. The third kappa shape index (κ3) is 7.74. The summed E-state index contributed by atoms with van der Waals surface area (Å²) in [6.07, 6.45) is 0. The third-order valence-electron chi connectivity index (χ3n) is 5.23. The van der Waals surface area contributed by atoms with Gasteiger partial charge in [0, 0.05) is 12.5 Å². The van der Waals surface area contributed by atoms with Gasteiger partial charge in [0.25, 0.3) is 5.56 Å². The van der Waals surface area contributed by atoms with Gasteiger partial charge in [-0.1, -0.05) is 79.7 Å². The number of hydrogen-bond acceptors (Lipinski definition) is 6. The Kier molecular flexibility index (Phi) is 10.8. The van der Waals surface area contributed by atoms with Crippen molar-refractivity contribution in [3.8, 4) is 0 Å². The van der Waals surface area contributed by atoms with Crippen LogP contribution in [0.2, 0.25) is 5.15 Å². The van der Waals surface area contributed by atoms with Gasteiger partial charge in [-0.25, -0.2) is 4.98 Å². The van der Waals surface area contributed by atoms with E-state index in [-0.39, 0.29) is 50.0 Å². The van der Waals surface area contributed by atoms with Crippen LogP contribution in [0, 0.1) is 6.92 Å². The van der Waals surface area contributed by atoms with Gasteiger partial charge >= 0.3 is 0 Å². The highest BCUT2D eigenvalue weighted by molar-refractivity contribution is 6.30. The fourth-order valence-electron chi connectivity index (χ4n) is 3.48. The molecule has 10 nitrogen and oxygen atoms in total. The highest BCUT2D eigenvalue weighted by Gasteiger charge is 2.18. The van der Waals surface area contributed by atoms with Crippen molar-refractivity contribution in [3.63, 3.8) is 0 Å². The summed E-state index contributed by atoms with van der Waals surface area (Å²) in [5.41, 5.74) is 12.4. The summed E-state index contributed by atoms with van der Waals surface area (Å²) >= 11 is 6.30. The largest absolute Gasteiger partial charge is 0.391 e. The van der Waals surface area contributed by atoms with Crippen molar-refractivity contribution in [2.75, 3.05) is 25.0 Å². The number of benzene rings is 2. The second-order valence-electron chi connectivity index (χ2n) is 7.68. The smallest absolute Gasteiger partial charge is 0.294 e. The Morgan fingerprint density at radius 1 is 1.11 bits per heavy atom. The predicted octanol–water partition coefficient (Wildman–Crippen LogP) is 2.41. The maximum Gasteiger partial charge on any atom is 0.294 e. The van der Waals surface area contributed by atoms with Crippen molar-refractivity contribution in [1.29, 1.82) is 0 Å². The van der Waals surface area contributed by atoms with E-state index in [1.807, 2.05) is 60.7 Å². The average molecular weight is 514 g/mol. The molecule has 0 spiro atoms. The van der Waals surface area contributed by atoms with Crippen molar-refractivity contribution in [2.24, 2.45) is 16.6 Å². The fourth-order valence-corrected chi connectivity index (χ4v) is 3.66. The minimum atomic E-state index is -0.446. The molecule has 0 atom stereocenters. The first-order valence-corrected chi connectivity index (χ1v) is 11.3. The van der Waals surface area contributed by atoms with Crippen LogP contribution in [0.5, 0.6) is 0 Å². The summed E-state index contributed by atoms with van der Waals surface area (Å²) in [5, 5.41) is 9.27. The standard InChI is InChI=1S/C24H28ClN7O3.CH4/c1-16-21(25)30-22(23(34)32(16)15-20(33)28-12-13-35-31-24(26)27)29-14-19(17-8-4-2-5-9-17)18-10-6-3-7-11-18;/h2-11,19H,12-15H2,1H3,(H,28,33)(H,29,30)(H4,26,27,31);1H4. The van der Waals surface area contributed by atoms with Gasteiger partial charge in [0.15, 0.2) is 11.0 Å². The quantitative estimate of drug-likeness (QED) is 0.133. The number of nitrogens with one attached hydrogen (secondary N) is 2. The van der Waals surface area contributed by atoms with Crippen molar-refractivity contribution in [3.05, 3.63) is 93.0 Å². The zero-order chi connectivity index (χ0) is 25.2. The normalized spacial score (nSPS) is 10.3. The van der Waals surface area contributed by atoms with Gasteiger partial charge in [-0.15, -0.1) is 0 Å². The summed E-state index contributed by atoms with van der Waals surface area (Å²) < 4.78 is 1.28. The molecule has 0 aliphatic heterocycles. The summed E-state index contributed by atoms with van der Waals surface area (Å²) in [5.74, 6) is -0.572. The van der Waals surface area contributed by atoms with E-state index in [0.29, 0.717) is 12.2 Å². The molecule has 0 saturated heterocycles. The molecule has 3 rings (SSSR count). The molecule has 192 valence electrons. The number of aromatic nitrogens is 2. The second-order valence-corrected chi connectivity index (χ2v) is 8.04. The number of halogens is 1. The van der Waals surface area contributed by atoms with Crippen molar-refractivity contribution < 1.29 is 9.63 Å². The minimum Gasteiger partial charge on any atom is -0.391 e. The van der Waals surface area contributed by atoms with E-state index in [1.54, 1.807) is 6.92 Å². The van der Waals surface area contributed by atoms with Gasteiger partial charge in [0.2, 0.25) is 11.9 Å². The lowest BCUT2D eigenvalue weighted by atomic mass is 9.91. The molecule has 36 heavy (non-hydrogen) atoms. The van der Waals surface area contributed by atoms with Crippen LogP contribution >= 0.6 is 11.6 Å². The molecule has 2 aromatic carbocycles. The molecule has 0 aliphatic rings. The van der Waals surface area contributed by atoms with Gasteiger partial charge in [0.05, 0.1) is 12.2 Å². The molecule has 1 aromatic heterocycles. The van der Waals surface area contributed by atoms with Crippen LogP contribution in [0.1, 0.15) is 30.2 Å². The predicted molar refractivity (Wildman–Crippen MR) is 143 cm³/mol. The number of nitrogens with zero attached hydrogens (tertiary/aromatic N) is 3. The number of amides is 1. The molecule has 11 heteroatoms. The molecule has 0 aliphatic carbocycles. The van der Waals surface area contributed by atoms with E-state index >= 15 is 0 Å². The lowest BCUT2D eigenvalue weighted by molar-refractivity contribution is -0.122. The lowest BCUT2D eigenvalue weighted by Crippen LogP contribution is -2.36.